The molecule has 2 aromatic carbocycles. The molecule has 1 aliphatic rings. The standard InChI is InChI=1S/C20H21N3O3/c1-21(18-5-3-2-4-6-18)19(25)16-7-9-17(10-8-16)20(26)23-13-11-22(15-24)12-14-23/h2-10,15H,11-14H2,1H3. The highest BCUT2D eigenvalue weighted by molar-refractivity contribution is 6.06. The molecule has 0 unspecified atom stereocenters. The van der Waals surface area contributed by atoms with Crippen molar-refractivity contribution >= 4 is 23.9 Å². The predicted octanol–water partition coefficient (Wildman–Crippen LogP) is 1.88. The van der Waals surface area contributed by atoms with E-state index in [1.54, 1.807) is 46.0 Å². The van der Waals surface area contributed by atoms with E-state index in [0.717, 1.165) is 12.1 Å². The Kier molecular flexibility index (Phi) is 5.31. The van der Waals surface area contributed by atoms with Crippen molar-refractivity contribution in [2.45, 2.75) is 0 Å². The second-order valence-corrected chi connectivity index (χ2v) is 6.21. The van der Waals surface area contributed by atoms with E-state index in [-0.39, 0.29) is 11.8 Å². The highest BCUT2D eigenvalue weighted by atomic mass is 16.2. The van der Waals surface area contributed by atoms with Crippen molar-refractivity contribution in [3.05, 3.63) is 65.7 Å². The molecule has 1 aliphatic heterocycles. The molecule has 6 heteroatoms. The zero-order chi connectivity index (χ0) is 18.5. The maximum absolute atomic E-state index is 12.6. The number of hydrogen-bond donors (Lipinski definition) is 0. The second kappa shape index (κ2) is 7.82. The number of piperazine rings is 1. The number of para-hydroxylation sites is 1. The van der Waals surface area contributed by atoms with E-state index >= 15 is 0 Å². The van der Waals surface area contributed by atoms with Gasteiger partial charge < -0.3 is 14.7 Å². The lowest BCUT2D eigenvalue weighted by Gasteiger charge is -2.32. The fourth-order valence-corrected chi connectivity index (χ4v) is 2.93. The first-order valence-corrected chi connectivity index (χ1v) is 8.52. The zero-order valence-corrected chi connectivity index (χ0v) is 14.7. The van der Waals surface area contributed by atoms with Crippen molar-refractivity contribution in [3.8, 4) is 0 Å². The SMILES string of the molecule is CN(C(=O)c1ccc(C(=O)N2CCN(C=O)CC2)cc1)c1ccccc1. The number of rotatable bonds is 4. The van der Waals surface area contributed by atoms with Gasteiger partial charge in [-0.1, -0.05) is 18.2 Å². The van der Waals surface area contributed by atoms with Crippen LogP contribution in [0.15, 0.2) is 54.6 Å². The summed E-state index contributed by atoms with van der Waals surface area (Å²) in [7, 11) is 1.73. The van der Waals surface area contributed by atoms with Crippen LogP contribution in [0.1, 0.15) is 20.7 Å². The molecular formula is C20H21N3O3. The molecule has 6 nitrogen and oxygen atoms in total. The third-order valence-corrected chi connectivity index (χ3v) is 4.58. The van der Waals surface area contributed by atoms with Gasteiger partial charge in [-0.15, -0.1) is 0 Å². The zero-order valence-electron chi connectivity index (χ0n) is 14.7. The Balaban J connectivity index is 1.67. The van der Waals surface area contributed by atoms with Crippen molar-refractivity contribution in [1.29, 1.82) is 0 Å². The average Bonchev–Trinajstić information content (AvgIpc) is 2.73. The van der Waals surface area contributed by atoms with Gasteiger partial charge in [0, 0.05) is 50.0 Å². The van der Waals surface area contributed by atoms with Crippen LogP contribution in [0.2, 0.25) is 0 Å². The molecule has 134 valence electrons. The maximum atomic E-state index is 12.6. The minimum Gasteiger partial charge on any atom is -0.342 e. The van der Waals surface area contributed by atoms with Gasteiger partial charge in [0.15, 0.2) is 0 Å². The lowest BCUT2D eigenvalue weighted by molar-refractivity contribution is -0.119. The minimum absolute atomic E-state index is 0.0778. The summed E-state index contributed by atoms with van der Waals surface area (Å²) in [6.07, 6.45) is 0.811. The minimum atomic E-state index is -0.130. The van der Waals surface area contributed by atoms with E-state index in [1.165, 1.54) is 0 Å². The summed E-state index contributed by atoms with van der Waals surface area (Å²) in [6.45, 7) is 2.14. The van der Waals surface area contributed by atoms with Crippen molar-refractivity contribution in [2.75, 3.05) is 38.1 Å². The van der Waals surface area contributed by atoms with Crippen molar-refractivity contribution in [1.82, 2.24) is 9.80 Å². The van der Waals surface area contributed by atoms with Gasteiger partial charge in [0.25, 0.3) is 11.8 Å². The normalized spacial score (nSPS) is 14.0. The molecule has 0 saturated carbocycles. The van der Waals surface area contributed by atoms with Gasteiger partial charge in [-0.3, -0.25) is 14.4 Å². The lowest BCUT2D eigenvalue weighted by Crippen LogP contribution is -2.48. The third kappa shape index (κ3) is 3.74. The number of benzene rings is 2. The summed E-state index contributed by atoms with van der Waals surface area (Å²) in [5, 5.41) is 0. The molecule has 0 N–H and O–H groups in total. The number of nitrogens with zero attached hydrogens (tertiary/aromatic N) is 3. The van der Waals surface area contributed by atoms with Gasteiger partial charge in [-0.05, 0) is 36.4 Å². The topological polar surface area (TPSA) is 60.9 Å². The molecule has 2 aromatic rings. The Morgan fingerprint density at radius 3 is 2.04 bits per heavy atom. The lowest BCUT2D eigenvalue weighted by atomic mass is 10.1. The molecule has 1 heterocycles. The number of hydrogen-bond acceptors (Lipinski definition) is 3. The third-order valence-electron chi connectivity index (χ3n) is 4.58. The van der Waals surface area contributed by atoms with Crippen LogP contribution >= 0.6 is 0 Å². The largest absolute Gasteiger partial charge is 0.342 e. The summed E-state index contributed by atoms with van der Waals surface area (Å²) in [5.74, 6) is -0.208. The summed E-state index contributed by atoms with van der Waals surface area (Å²) in [5.41, 5.74) is 1.88. The van der Waals surface area contributed by atoms with Crippen molar-refractivity contribution in [3.63, 3.8) is 0 Å². The van der Waals surface area contributed by atoms with Gasteiger partial charge in [-0.25, -0.2) is 0 Å². The Morgan fingerprint density at radius 1 is 0.885 bits per heavy atom. The average molecular weight is 351 g/mol. The van der Waals surface area contributed by atoms with Gasteiger partial charge in [0.1, 0.15) is 0 Å². The van der Waals surface area contributed by atoms with Crippen LogP contribution in [0.3, 0.4) is 0 Å². The van der Waals surface area contributed by atoms with Gasteiger partial charge in [-0.2, -0.15) is 0 Å². The smallest absolute Gasteiger partial charge is 0.258 e. The molecule has 0 radical (unpaired) electrons. The van der Waals surface area contributed by atoms with Crippen LogP contribution in [0, 0.1) is 0 Å². The van der Waals surface area contributed by atoms with Crippen LogP contribution in [-0.2, 0) is 4.79 Å². The fourth-order valence-electron chi connectivity index (χ4n) is 2.93. The second-order valence-electron chi connectivity index (χ2n) is 6.21. The number of anilines is 1. The van der Waals surface area contributed by atoms with E-state index in [1.807, 2.05) is 30.3 Å². The summed E-state index contributed by atoms with van der Waals surface area (Å²) in [6, 6.07) is 16.1. The fraction of sp³-hybridized carbons (Fsp3) is 0.250. The van der Waals surface area contributed by atoms with Crippen LogP contribution in [0.25, 0.3) is 0 Å². The molecule has 0 aliphatic carbocycles. The van der Waals surface area contributed by atoms with Crippen molar-refractivity contribution in [2.24, 2.45) is 0 Å². The summed E-state index contributed by atoms with van der Waals surface area (Å²) >= 11 is 0. The molecule has 0 bridgehead atoms. The molecule has 1 fully saturated rings. The Bertz CT molecular complexity index is 782. The van der Waals surface area contributed by atoms with E-state index in [4.69, 9.17) is 0 Å². The Hall–Kier alpha value is -3.15. The van der Waals surface area contributed by atoms with Gasteiger partial charge in [0.05, 0.1) is 0 Å². The predicted molar refractivity (Wildman–Crippen MR) is 99.2 cm³/mol. The van der Waals surface area contributed by atoms with Crippen molar-refractivity contribution < 1.29 is 14.4 Å². The molecule has 3 rings (SSSR count). The highest BCUT2D eigenvalue weighted by Gasteiger charge is 2.21. The van der Waals surface area contributed by atoms with Crippen LogP contribution in [-0.4, -0.2) is 61.3 Å². The van der Waals surface area contributed by atoms with E-state index in [2.05, 4.69) is 0 Å². The van der Waals surface area contributed by atoms with Gasteiger partial charge >= 0.3 is 0 Å². The van der Waals surface area contributed by atoms with E-state index < -0.39 is 0 Å². The Morgan fingerprint density at radius 2 is 1.46 bits per heavy atom. The molecule has 0 aromatic heterocycles. The van der Waals surface area contributed by atoms with Crippen LogP contribution < -0.4 is 4.90 Å². The van der Waals surface area contributed by atoms with Gasteiger partial charge in [0.2, 0.25) is 6.41 Å². The molecule has 1 saturated heterocycles. The molecule has 0 atom stereocenters. The summed E-state index contributed by atoms with van der Waals surface area (Å²) in [4.78, 5) is 40.9. The van der Waals surface area contributed by atoms with E-state index in [9.17, 15) is 14.4 Å². The van der Waals surface area contributed by atoms with Crippen LogP contribution in [0.4, 0.5) is 5.69 Å². The number of carbonyl (C=O) groups is 3. The first-order valence-electron chi connectivity index (χ1n) is 8.52. The van der Waals surface area contributed by atoms with E-state index in [0.29, 0.717) is 37.3 Å². The first-order chi connectivity index (χ1) is 12.6. The number of amides is 3. The Labute approximate surface area is 152 Å². The highest BCUT2D eigenvalue weighted by Crippen LogP contribution is 2.16. The molecule has 3 amide bonds. The molecule has 26 heavy (non-hydrogen) atoms. The molecular weight excluding hydrogens is 330 g/mol. The summed E-state index contributed by atoms with van der Waals surface area (Å²) < 4.78 is 0. The first kappa shape index (κ1) is 17.7. The maximum Gasteiger partial charge on any atom is 0.258 e. The monoisotopic (exact) mass is 351 g/mol. The number of carbonyl (C=O) groups excluding carboxylic acids is 3. The van der Waals surface area contributed by atoms with Crippen LogP contribution in [0.5, 0.6) is 0 Å². The quantitative estimate of drug-likeness (QED) is 0.790. The molecule has 0 spiro atoms.